The third-order valence-electron chi connectivity index (χ3n) is 3.91. The van der Waals surface area contributed by atoms with Crippen molar-refractivity contribution >= 4 is 6.09 Å². The molecule has 124 valence electrons. The molecule has 1 heterocycles. The van der Waals surface area contributed by atoms with Gasteiger partial charge in [-0.25, -0.2) is 4.79 Å². The van der Waals surface area contributed by atoms with Crippen LogP contribution in [0.4, 0.5) is 4.79 Å². The van der Waals surface area contributed by atoms with Crippen LogP contribution in [-0.4, -0.2) is 53.1 Å². The van der Waals surface area contributed by atoms with E-state index in [-0.39, 0.29) is 17.8 Å². The van der Waals surface area contributed by atoms with Crippen LogP contribution in [0.3, 0.4) is 0 Å². The summed E-state index contributed by atoms with van der Waals surface area (Å²) in [6.07, 6.45) is 2.65. The molecule has 0 bridgehead atoms. The predicted molar refractivity (Wildman–Crippen MR) is 82.3 cm³/mol. The van der Waals surface area contributed by atoms with E-state index in [0.717, 1.165) is 19.3 Å². The molecule has 5 heteroatoms. The first kappa shape index (κ1) is 18.2. The van der Waals surface area contributed by atoms with Crippen molar-refractivity contribution < 1.29 is 19.4 Å². The first-order valence-corrected chi connectivity index (χ1v) is 7.97. The summed E-state index contributed by atoms with van der Waals surface area (Å²) in [7, 11) is 0. The van der Waals surface area contributed by atoms with Crippen LogP contribution in [0, 0.1) is 0 Å². The van der Waals surface area contributed by atoms with Gasteiger partial charge in [-0.1, -0.05) is 6.92 Å². The third kappa shape index (κ3) is 6.22. The number of carbonyl (C=O) groups is 1. The molecule has 1 N–H and O–H groups in total. The molecule has 0 radical (unpaired) electrons. The number of carbonyl (C=O) groups excluding carboxylic acids is 1. The van der Waals surface area contributed by atoms with Crippen LogP contribution in [0.2, 0.25) is 0 Å². The summed E-state index contributed by atoms with van der Waals surface area (Å²) < 4.78 is 11.4. The summed E-state index contributed by atoms with van der Waals surface area (Å²) in [5, 5.41) is 9.31. The molecule has 0 aliphatic carbocycles. The van der Waals surface area contributed by atoms with Gasteiger partial charge in [0.15, 0.2) is 0 Å². The number of rotatable bonds is 5. The van der Waals surface area contributed by atoms with Crippen molar-refractivity contribution in [3.05, 3.63) is 0 Å². The molecule has 0 aromatic heterocycles. The number of piperidine rings is 1. The maximum atomic E-state index is 12.0. The Morgan fingerprint density at radius 2 is 1.90 bits per heavy atom. The second kappa shape index (κ2) is 7.45. The fourth-order valence-electron chi connectivity index (χ4n) is 2.47. The van der Waals surface area contributed by atoms with E-state index in [0.29, 0.717) is 26.1 Å². The maximum absolute atomic E-state index is 12.0. The number of ether oxygens (including phenoxy) is 2. The number of amides is 1. The average Bonchev–Trinajstić information content (AvgIpc) is 2.37. The topological polar surface area (TPSA) is 59.0 Å². The maximum Gasteiger partial charge on any atom is 0.410 e. The minimum absolute atomic E-state index is 0.159. The molecule has 0 spiro atoms. The van der Waals surface area contributed by atoms with Gasteiger partial charge in [0.05, 0.1) is 11.7 Å². The summed E-state index contributed by atoms with van der Waals surface area (Å²) in [5.41, 5.74) is -0.614. The molecule has 0 aromatic carbocycles. The number of hydrogen-bond acceptors (Lipinski definition) is 4. The lowest BCUT2D eigenvalue weighted by atomic mass is 9.88. The molecule has 5 nitrogen and oxygen atoms in total. The Labute approximate surface area is 128 Å². The Morgan fingerprint density at radius 3 is 2.33 bits per heavy atom. The molecule has 0 aromatic rings. The standard InChI is InChI=1S/C16H31NO4/c1-6-16(20-12-7-13(2)18)8-10-17(11-9-16)14(19)21-15(3,4)5/h13,18H,6-12H2,1-5H3. The van der Waals surface area contributed by atoms with Crippen LogP contribution < -0.4 is 0 Å². The number of aliphatic hydroxyl groups excluding tert-OH is 1. The summed E-state index contributed by atoms with van der Waals surface area (Å²) in [6, 6.07) is 0. The minimum atomic E-state index is -0.454. The fourth-order valence-corrected chi connectivity index (χ4v) is 2.47. The van der Waals surface area contributed by atoms with Gasteiger partial charge in [0, 0.05) is 19.7 Å². The zero-order chi connectivity index (χ0) is 16.1. The van der Waals surface area contributed by atoms with Crippen molar-refractivity contribution in [1.29, 1.82) is 0 Å². The van der Waals surface area contributed by atoms with Gasteiger partial charge in [-0.15, -0.1) is 0 Å². The Bertz CT molecular complexity index is 328. The van der Waals surface area contributed by atoms with E-state index in [4.69, 9.17) is 9.47 Å². The lowest BCUT2D eigenvalue weighted by molar-refractivity contribution is -0.0923. The summed E-state index contributed by atoms with van der Waals surface area (Å²) >= 11 is 0. The van der Waals surface area contributed by atoms with Gasteiger partial charge in [0.25, 0.3) is 0 Å². The summed E-state index contributed by atoms with van der Waals surface area (Å²) in [6.45, 7) is 11.4. The zero-order valence-electron chi connectivity index (χ0n) is 14.1. The molecule has 1 aliphatic rings. The molecule has 1 amide bonds. The van der Waals surface area contributed by atoms with Gasteiger partial charge < -0.3 is 19.5 Å². The van der Waals surface area contributed by atoms with E-state index in [2.05, 4.69) is 6.92 Å². The molecule has 1 saturated heterocycles. The third-order valence-corrected chi connectivity index (χ3v) is 3.91. The Morgan fingerprint density at radius 1 is 1.33 bits per heavy atom. The molecule has 1 rings (SSSR count). The molecular formula is C16H31NO4. The predicted octanol–water partition coefficient (Wildman–Crippen LogP) is 2.95. The molecule has 21 heavy (non-hydrogen) atoms. The minimum Gasteiger partial charge on any atom is -0.444 e. The first-order chi connectivity index (χ1) is 9.67. The smallest absolute Gasteiger partial charge is 0.410 e. The van der Waals surface area contributed by atoms with Crippen molar-refractivity contribution in [3.63, 3.8) is 0 Å². The van der Waals surface area contributed by atoms with Crippen LogP contribution in [0.1, 0.15) is 60.3 Å². The van der Waals surface area contributed by atoms with E-state index in [1.54, 1.807) is 11.8 Å². The van der Waals surface area contributed by atoms with Crippen molar-refractivity contribution in [2.24, 2.45) is 0 Å². The Balaban J connectivity index is 2.46. The largest absolute Gasteiger partial charge is 0.444 e. The number of hydrogen-bond donors (Lipinski definition) is 1. The van der Waals surface area contributed by atoms with E-state index >= 15 is 0 Å². The molecule has 1 fully saturated rings. The van der Waals surface area contributed by atoms with Crippen LogP contribution in [0.15, 0.2) is 0 Å². The molecule has 1 atom stereocenters. The molecule has 1 unspecified atom stereocenters. The highest BCUT2D eigenvalue weighted by Gasteiger charge is 2.36. The lowest BCUT2D eigenvalue weighted by Crippen LogP contribution is -2.49. The normalized spacial score (nSPS) is 20.2. The summed E-state index contributed by atoms with van der Waals surface area (Å²) in [5.74, 6) is 0. The van der Waals surface area contributed by atoms with Crippen LogP contribution >= 0.6 is 0 Å². The average molecular weight is 301 g/mol. The molecule has 1 aliphatic heterocycles. The van der Waals surface area contributed by atoms with E-state index < -0.39 is 5.60 Å². The molecule has 0 saturated carbocycles. The van der Waals surface area contributed by atoms with Gasteiger partial charge in [0.2, 0.25) is 0 Å². The highest BCUT2D eigenvalue weighted by Crippen LogP contribution is 2.30. The monoisotopic (exact) mass is 301 g/mol. The van der Waals surface area contributed by atoms with Crippen molar-refractivity contribution in [3.8, 4) is 0 Å². The van der Waals surface area contributed by atoms with E-state index in [1.165, 1.54) is 0 Å². The summed E-state index contributed by atoms with van der Waals surface area (Å²) in [4.78, 5) is 13.8. The second-order valence-corrected chi connectivity index (χ2v) is 6.99. The quantitative estimate of drug-likeness (QED) is 0.848. The highest BCUT2D eigenvalue weighted by atomic mass is 16.6. The Kier molecular flexibility index (Phi) is 6.47. The van der Waals surface area contributed by atoms with Crippen LogP contribution in [-0.2, 0) is 9.47 Å². The zero-order valence-corrected chi connectivity index (χ0v) is 14.1. The van der Waals surface area contributed by atoms with E-state index in [9.17, 15) is 9.90 Å². The fraction of sp³-hybridized carbons (Fsp3) is 0.938. The van der Waals surface area contributed by atoms with Crippen molar-refractivity contribution in [2.75, 3.05) is 19.7 Å². The Hall–Kier alpha value is -0.810. The van der Waals surface area contributed by atoms with Gasteiger partial charge in [-0.2, -0.15) is 0 Å². The van der Waals surface area contributed by atoms with Crippen molar-refractivity contribution in [1.82, 2.24) is 4.90 Å². The van der Waals surface area contributed by atoms with Gasteiger partial charge >= 0.3 is 6.09 Å². The number of nitrogens with zero attached hydrogens (tertiary/aromatic N) is 1. The highest BCUT2D eigenvalue weighted by molar-refractivity contribution is 5.68. The van der Waals surface area contributed by atoms with Crippen molar-refractivity contribution in [2.45, 2.75) is 77.6 Å². The van der Waals surface area contributed by atoms with Crippen LogP contribution in [0.25, 0.3) is 0 Å². The van der Waals surface area contributed by atoms with Gasteiger partial charge in [-0.05, 0) is 53.4 Å². The van der Waals surface area contributed by atoms with E-state index in [1.807, 2.05) is 20.8 Å². The van der Waals surface area contributed by atoms with Gasteiger partial charge in [0.1, 0.15) is 5.60 Å². The van der Waals surface area contributed by atoms with Gasteiger partial charge in [-0.3, -0.25) is 0 Å². The lowest BCUT2D eigenvalue weighted by Gasteiger charge is -2.41. The first-order valence-electron chi connectivity index (χ1n) is 7.97. The number of likely N-dealkylation sites (tertiary alicyclic amines) is 1. The SMILES string of the molecule is CCC1(OCCC(C)O)CCN(C(=O)OC(C)(C)C)CC1. The second-order valence-electron chi connectivity index (χ2n) is 6.99. The van der Waals surface area contributed by atoms with Crippen LogP contribution in [0.5, 0.6) is 0 Å². The number of aliphatic hydroxyl groups is 1. The molecular weight excluding hydrogens is 270 g/mol.